The number of carbonyl (C=O) groups is 2. The minimum Gasteiger partial charge on any atom is -0.497 e. The van der Waals surface area contributed by atoms with Gasteiger partial charge in [-0.1, -0.05) is 30.3 Å². The summed E-state index contributed by atoms with van der Waals surface area (Å²) in [5.74, 6) is 0.426. The van der Waals surface area contributed by atoms with Crippen molar-refractivity contribution in [3.05, 3.63) is 48.5 Å². The molecule has 1 unspecified atom stereocenters. The molecule has 0 radical (unpaired) electrons. The molecule has 1 atom stereocenters. The fourth-order valence-corrected chi connectivity index (χ4v) is 3.01. The van der Waals surface area contributed by atoms with Crippen molar-refractivity contribution in [3.63, 3.8) is 0 Å². The molecule has 0 fully saturated rings. The van der Waals surface area contributed by atoms with Gasteiger partial charge in [0.25, 0.3) is 6.47 Å². The van der Waals surface area contributed by atoms with E-state index in [0.29, 0.717) is 13.0 Å². The van der Waals surface area contributed by atoms with Gasteiger partial charge >= 0.3 is 13.0 Å². The van der Waals surface area contributed by atoms with Gasteiger partial charge in [-0.25, -0.2) is 4.79 Å². The maximum Gasteiger partial charge on any atom is 0.679 e. The molecule has 0 aliphatic heterocycles. The van der Waals surface area contributed by atoms with Crippen molar-refractivity contribution < 1.29 is 28.1 Å². The lowest BCUT2D eigenvalue weighted by Gasteiger charge is -2.35. The normalized spacial score (nSPS) is 12.6. The van der Waals surface area contributed by atoms with E-state index in [0.717, 1.165) is 22.3 Å². The molecule has 2 aromatic carbocycles. The van der Waals surface area contributed by atoms with Gasteiger partial charge in [0.15, 0.2) is 6.54 Å². The number of hydrogen-bond donors (Lipinski definition) is 0. The van der Waals surface area contributed by atoms with Crippen molar-refractivity contribution in [2.24, 2.45) is 0 Å². The molecule has 0 N–H and O–H groups in total. The van der Waals surface area contributed by atoms with E-state index in [1.54, 1.807) is 7.11 Å². The van der Waals surface area contributed by atoms with Gasteiger partial charge in [-0.05, 0) is 36.2 Å². The molecule has 0 spiro atoms. The average Bonchev–Trinajstić information content (AvgIpc) is 2.71. The second kappa shape index (κ2) is 9.23. The Morgan fingerprint density at radius 3 is 2.37 bits per heavy atom. The van der Waals surface area contributed by atoms with Gasteiger partial charge in [0.2, 0.25) is 0 Å². The van der Waals surface area contributed by atoms with Crippen LogP contribution in [0.1, 0.15) is 6.92 Å². The van der Waals surface area contributed by atoms with Crippen molar-refractivity contribution >= 4 is 25.0 Å². The summed E-state index contributed by atoms with van der Waals surface area (Å²) in [5.41, 5.74) is 2.81. The summed E-state index contributed by atoms with van der Waals surface area (Å²) in [6, 6.07) is 15.5. The molecule has 0 heterocycles. The van der Waals surface area contributed by atoms with E-state index >= 15 is 0 Å². The zero-order valence-corrected chi connectivity index (χ0v) is 16.2. The van der Waals surface area contributed by atoms with Crippen molar-refractivity contribution in [2.75, 3.05) is 34.4 Å². The molecule has 0 bridgehead atoms. The Morgan fingerprint density at radius 1 is 1.11 bits per heavy atom. The summed E-state index contributed by atoms with van der Waals surface area (Å²) < 4.78 is 15.6. The Labute approximate surface area is 160 Å². The van der Waals surface area contributed by atoms with Crippen LogP contribution in [0.5, 0.6) is 5.75 Å². The van der Waals surface area contributed by atoms with Gasteiger partial charge in [-0.3, -0.25) is 4.79 Å². The Kier molecular flexibility index (Phi) is 7.01. The first-order valence-electron chi connectivity index (χ1n) is 8.72. The van der Waals surface area contributed by atoms with Crippen LogP contribution >= 0.6 is 0 Å². The number of hydrogen-bond acceptors (Lipinski definition) is 5. The molecule has 2 aromatic rings. The molecule has 142 valence electrons. The number of likely N-dealkylation sites (N-methyl/N-ethyl adjacent to an activating group) is 1. The van der Waals surface area contributed by atoms with E-state index in [9.17, 15) is 9.59 Å². The first kappa shape index (κ1) is 20.5. The first-order chi connectivity index (χ1) is 13.0. The van der Waals surface area contributed by atoms with Crippen molar-refractivity contribution in [1.82, 2.24) is 0 Å². The van der Waals surface area contributed by atoms with Crippen molar-refractivity contribution in [1.29, 1.82) is 0 Å². The highest BCUT2D eigenvalue weighted by atomic mass is 16.5. The first-order valence-corrected chi connectivity index (χ1v) is 8.72. The summed E-state index contributed by atoms with van der Waals surface area (Å²) >= 11 is 0. The monoisotopic (exact) mass is 370 g/mol. The van der Waals surface area contributed by atoms with E-state index in [4.69, 9.17) is 14.1 Å². The van der Waals surface area contributed by atoms with Crippen LogP contribution in [0.25, 0.3) is 11.1 Å². The van der Waals surface area contributed by atoms with Gasteiger partial charge in [0, 0.05) is 5.46 Å². The molecule has 27 heavy (non-hydrogen) atoms. The SMILES string of the molecule is CC[N+](C)(CC(=O)OC)B(OC=O)c1cccc(-c2ccc(OC)cc2)c1. The zero-order valence-electron chi connectivity index (χ0n) is 16.2. The Morgan fingerprint density at radius 2 is 1.81 bits per heavy atom. The lowest BCUT2D eigenvalue weighted by Crippen LogP contribution is -2.64. The summed E-state index contributed by atoms with van der Waals surface area (Å²) in [4.78, 5) is 23.1. The Bertz CT molecular complexity index is 780. The molecular formula is C20H25BNO5+. The van der Waals surface area contributed by atoms with E-state index in [2.05, 4.69) is 0 Å². The smallest absolute Gasteiger partial charge is 0.497 e. The molecule has 0 saturated heterocycles. The maximum absolute atomic E-state index is 11.9. The van der Waals surface area contributed by atoms with Gasteiger partial charge in [0.1, 0.15) is 5.75 Å². The van der Waals surface area contributed by atoms with E-state index in [-0.39, 0.29) is 16.9 Å². The molecular weight excluding hydrogens is 345 g/mol. The number of rotatable bonds is 9. The lowest BCUT2D eigenvalue weighted by molar-refractivity contribution is -0.801. The Balaban J connectivity index is 2.41. The van der Waals surface area contributed by atoms with Crippen LogP contribution in [-0.4, -0.2) is 58.2 Å². The predicted octanol–water partition coefficient (Wildman–Crippen LogP) is 1.87. The fourth-order valence-electron chi connectivity index (χ4n) is 3.01. The van der Waals surface area contributed by atoms with Gasteiger partial charge in [-0.15, -0.1) is 0 Å². The third-order valence-corrected chi connectivity index (χ3v) is 4.79. The highest BCUT2D eigenvalue weighted by Crippen LogP contribution is 2.22. The molecule has 0 saturated carbocycles. The standard InChI is InChI=1S/C20H25BNO5/c1-5-22(2,14-20(24)26-4)21(27-15-23)18-8-6-7-17(13-18)16-9-11-19(25-3)12-10-16/h6-13,15H,5,14H2,1-4H3/q+1. The van der Waals surface area contributed by atoms with Crippen LogP contribution in [0, 0.1) is 0 Å². The zero-order chi connectivity index (χ0) is 19.9. The molecule has 0 amide bonds. The van der Waals surface area contributed by atoms with Gasteiger partial charge in [-0.2, -0.15) is 0 Å². The maximum atomic E-state index is 11.9. The van der Waals surface area contributed by atoms with Crippen LogP contribution in [-0.2, 0) is 19.0 Å². The number of ether oxygens (including phenoxy) is 2. The minimum atomic E-state index is -0.621. The molecule has 0 aliphatic carbocycles. The highest BCUT2D eigenvalue weighted by molar-refractivity contribution is 6.62. The molecule has 0 aliphatic rings. The number of methoxy groups -OCH3 is 2. The van der Waals surface area contributed by atoms with Gasteiger partial charge < -0.3 is 18.5 Å². The second-order valence-corrected chi connectivity index (χ2v) is 6.47. The second-order valence-electron chi connectivity index (χ2n) is 6.47. The number of benzene rings is 2. The van der Waals surface area contributed by atoms with Crippen LogP contribution in [0.3, 0.4) is 0 Å². The molecule has 6 nitrogen and oxygen atoms in total. The third kappa shape index (κ3) is 4.89. The van der Waals surface area contributed by atoms with Crippen LogP contribution < -0.4 is 10.2 Å². The number of nitrogens with zero attached hydrogens (tertiary/aromatic N) is 1. The topological polar surface area (TPSA) is 61.8 Å². The van der Waals surface area contributed by atoms with Crippen molar-refractivity contribution in [3.8, 4) is 16.9 Å². The van der Waals surface area contributed by atoms with E-state index in [1.165, 1.54) is 7.11 Å². The lowest BCUT2D eigenvalue weighted by atomic mass is 9.68. The largest absolute Gasteiger partial charge is 0.679 e. The molecule has 7 heteroatoms. The van der Waals surface area contributed by atoms with Crippen LogP contribution in [0.2, 0.25) is 0 Å². The predicted molar refractivity (Wildman–Crippen MR) is 105 cm³/mol. The van der Waals surface area contributed by atoms with Crippen LogP contribution in [0.4, 0.5) is 0 Å². The van der Waals surface area contributed by atoms with Crippen molar-refractivity contribution in [2.45, 2.75) is 6.92 Å². The summed E-state index contributed by atoms with van der Waals surface area (Å²) in [5, 5.41) is 0. The summed E-state index contributed by atoms with van der Waals surface area (Å²) in [6.45, 7) is 3.05. The van der Waals surface area contributed by atoms with Crippen LogP contribution in [0.15, 0.2) is 48.5 Å². The van der Waals surface area contributed by atoms with E-state index in [1.807, 2.05) is 62.5 Å². The highest BCUT2D eigenvalue weighted by Gasteiger charge is 2.46. The number of esters is 1. The minimum absolute atomic E-state index is 0.0955. The Hall–Kier alpha value is -2.80. The number of quaternary nitrogens is 1. The van der Waals surface area contributed by atoms with Gasteiger partial charge in [0.05, 0.1) is 27.8 Å². The third-order valence-electron chi connectivity index (χ3n) is 4.79. The quantitative estimate of drug-likeness (QED) is 0.383. The summed E-state index contributed by atoms with van der Waals surface area (Å²) in [7, 11) is 4.22. The molecule has 0 aromatic heterocycles. The molecule has 2 rings (SSSR count). The number of carbonyl (C=O) groups excluding carboxylic acids is 2. The fraction of sp³-hybridized carbons (Fsp3) is 0.300. The average molecular weight is 370 g/mol. The summed E-state index contributed by atoms with van der Waals surface area (Å²) in [6.07, 6.45) is 0. The van der Waals surface area contributed by atoms with E-state index < -0.39 is 7.05 Å².